The number of aliphatic hydroxyl groups excluding tert-OH is 4. The number of aldehydes is 1. The molecular weight excluding hydrogens is 809 g/mol. The van der Waals surface area contributed by atoms with E-state index in [1.54, 1.807) is 35.3 Å². The van der Waals surface area contributed by atoms with Crippen molar-refractivity contribution in [3.63, 3.8) is 0 Å². The first kappa shape index (κ1) is 49.1. The maximum Gasteiger partial charge on any atom is 0.214 e. The van der Waals surface area contributed by atoms with Crippen LogP contribution in [0.25, 0.3) is 0 Å². The highest BCUT2D eigenvalue weighted by Crippen LogP contribution is 2.46. The Bertz CT molecular complexity index is 1810. The van der Waals surface area contributed by atoms with Crippen LogP contribution in [0.15, 0.2) is 43.0 Å². The van der Waals surface area contributed by atoms with E-state index in [-0.39, 0.29) is 39.0 Å². The van der Waals surface area contributed by atoms with Gasteiger partial charge in [0.05, 0.1) is 13.2 Å². The van der Waals surface area contributed by atoms with Crippen LogP contribution in [0.5, 0.6) is 0 Å². The Labute approximate surface area is 353 Å². The number of nitrogens with zero attached hydrogens (tertiary/aromatic N) is 6. The lowest BCUT2D eigenvalue weighted by atomic mass is 10.1. The predicted molar refractivity (Wildman–Crippen MR) is 230 cm³/mol. The van der Waals surface area contributed by atoms with E-state index in [2.05, 4.69) is 122 Å². The summed E-state index contributed by atoms with van der Waals surface area (Å²) in [5.74, 6) is 0.279. The second-order valence-corrected chi connectivity index (χ2v) is 34.5. The monoisotopic (exact) mass is 878 g/mol. The smallest absolute Gasteiger partial charge is 0.214 e. The van der Waals surface area contributed by atoms with Crippen molar-refractivity contribution >= 4 is 31.2 Å². The first-order valence-corrected chi connectivity index (χ1v) is 29.1. The molecule has 59 heavy (non-hydrogen) atoms. The minimum absolute atomic E-state index is 0.00881. The van der Waals surface area contributed by atoms with Crippen molar-refractivity contribution in [3.8, 4) is 0 Å². The Hall–Kier alpha value is -2.54. The van der Waals surface area contributed by atoms with Gasteiger partial charge in [0.2, 0.25) is 5.82 Å². The molecule has 332 valence electrons. The highest BCUT2D eigenvalue weighted by atomic mass is 28.4. The summed E-state index contributed by atoms with van der Waals surface area (Å²) in [6, 6.07) is 8.92. The fourth-order valence-corrected chi connectivity index (χ4v) is 9.37. The van der Waals surface area contributed by atoms with Crippen LogP contribution in [0, 0.1) is 0 Å². The van der Waals surface area contributed by atoms with Crippen LogP contribution in [0.4, 0.5) is 0 Å². The van der Waals surface area contributed by atoms with Gasteiger partial charge in [0, 0.05) is 0 Å². The van der Waals surface area contributed by atoms with Crippen LogP contribution >= 0.6 is 0 Å². The molecule has 2 aromatic heterocycles. The van der Waals surface area contributed by atoms with Gasteiger partial charge in [0.25, 0.3) is 0 Å². The van der Waals surface area contributed by atoms with Gasteiger partial charge in [-0.3, -0.25) is 4.79 Å². The van der Waals surface area contributed by atoms with Gasteiger partial charge in [-0.05, 0) is 60.0 Å². The van der Waals surface area contributed by atoms with Crippen LogP contribution in [0.3, 0.4) is 0 Å². The van der Waals surface area contributed by atoms with E-state index in [0.29, 0.717) is 18.5 Å². The van der Waals surface area contributed by atoms with Gasteiger partial charge >= 0.3 is 0 Å². The SMILES string of the molecule is CC(C)(C)[Si](C)(C)OC[C@H]1O[C@@H](n2cnc(C=O)n2)[C@@H](O[Si](C)(C)C(C)(C)C)C1O[Si](C)(C)C(C)(C)C.OC[C@H]1O[C@@H](n2cnc(C(O)c3ccccc3)n2)[C@@H](O)C1O. The first-order chi connectivity index (χ1) is 27.0. The molecule has 2 fully saturated rings. The predicted octanol–water partition coefficient (Wildman–Crippen LogP) is 5.76. The number of carbonyl (C=O) groups is 1. The molecule has 0 radical (unpaired) electrons. The third-order valence-electron chi connectivity index (χ3n) is 12.7. The molecular formula is C40H70N6O10Si3. The zero-order valence-corrected chi connectivity index (χ0v) is 40.7. The maximum absolute atomic E-state index is 11.4. The fraction of sp³-hybridized carbons (Fsp3) is 0.725. The van der Waals surface area contributed by atoms with Gasteiger partial charge in [0.15, 0.2) is 49.5 Å². The number of benzene rings is 1. The van der Waals surface area contributed by atoms with Gasteiger partial charge in [-0.2, -0.15) is 5.10 Å². The topological polar surface area (TPSA) is 206 Å². The largest absolute Gasteiger partial charge is 0.414 e. The zero-order valence-electron chi connectivity index (χ0n) is 37.7. The molecule has 3 unspecified atom stereocenters. The molecule has 0 bridgehead atoms. The van der Waals surface area contributed by atoms with E-state index in [9.17, 15) is 20.1 Å². The van der Waals surface area contributed by atoms with Crippen LogP contribution < -0.4 is 0 Å². The molecule has 0 saturated carbocycles. The molecule has 3 aromatic rings. The number of carbonyl (C=O) groups excluding carboxylic acids is 1. The minimum Gasteiger partial charge on any atom is -0.414 e. The van der Waals surface area contributed by atoms with E-state index in [1.165, 1.54) is 11.0 Å². The Kier molecular flexibility index (Phi) is 15.3. The van der Waals surface area contributed by atoms with E-state index < -0.39 is 74.5 Å². The molecule has 4 N–H and O–H groups in total. The van der Waals surface area contributed by atoms with Crippen molar-refractivity contribution in [1.29, 1.82) is 0 Å². The third-order valence-corrected chi connectivity index (χ3v) is 26.2. The lowest BCUT2D eigenvalue weighted by molar-refractivity contribution is -0.0591. The van der Waals surface area contributed by atoms with Crippen LogP contribution in [0.2, 0.25) is 54.4 Å². The number of ether oxygens (including phenoxy) is 2. The highest BCUT2D eigenvalue weighted by molar-refractivity contribution is 6.75. The second-order valence-electron chi connectivity index (χ2n) is 20.1. The molecule has 5 rings (SSSR count). The summed E-state index contributed by atoms with van der Waals surface area (Å²) in [7, 11) is -6.48. The van der Waals surface area contributed by atoms with Gasteiger partial charge < -0.3 is 43.2 Å². The number of aromatic nitrogens is 6. The Balaban J connectivity index is 0.000000295. The summed E-state index contributed by atoms with van der Waals surface area (Å²) in [4.78, 5) is 19.5. The van der Waals surface area contributed by atoms with Gasteiger partial charge in [-0.15, -0.1) is 5.10 Å². The summed E-state index contributed by atoms with van der Waals surface area (Å²) >= 11 is 0. The van der Waals surface area contributed by atoms with E-state index >= 15 is 0 Å². The lowest BCUT2D eigenvalue weighted by Crippen LogP contribution is -2.54. The number of aliphatic hydroxyl groups is 4. The van der Waals surface area contributed by atoms with E-state index in [4.69, 9.17) is 27.9 Å². The average molecular weight is 879 g/mol. The maximum atomic E-state index is 11.4. The average Bonchev–Trinajstić information content (AvgIpc) is 3.93. The molecule has 0 amide bonds. The Morgan fingerprint density at radius 3 is 1.73 bits per heavy atom. The lowest BCUT2D eigenvalue weighted by Gasteiger charge is -2.44. The van der Waals surface area contributed by atoms with Crippen molar-refractivity contribution in [1.82, 2.24) is 29.5 Å². The molecule has 2 aliphatic rings. The molecule has 4 heterocycles. The van der Waals surface area contributed by atoms with Crippen LogP contribution in [-0.4, -0.2) is 131 Å². The van der Waals surface area contributed by atoms with Crippen molar-refractivity contribution in [2.24, 2.45) is 0 Å². The molecule has 2 saturated heterocycles. The van der Waals surface area contributed by atoms with Gasteiger partial charge in [-0.25, -0.2) is 19.3 Å². The number of hydrogen-bond donors (Lipinski definition) is 4. The standard InChI is InChI=1S/C26H53N3O5Si3.C14H17N3O5/c1-24(2,3)35(10,11)31-17-19-21(33-36(12,13)25(4,5)6)22(34-37(14,15)26(7,8)9)23(32-19)29-18-27-20(16-30)28-29;18-6-9-11(20)12(21)14(22-9)17-7-15-13(16-17)10(19)8-4-2-1-3-5-8/h16,18-19,21-23H,17H2,1-15H3;1-5,7,9-12,14,18-21H,6H2/t19-,21?,22+,23-;9-,10?,11?,12+,14-/m11/s1. The highest BCUT2D eigenvalue weighted by Gasteiger charge is 2.55. The molecule has 2 aliphatic heterocycles. The third kappa shape index (κ3) is 11.3. The second kappa shape index (κ2) is 18.4. The number of rotatable bonds is 13. The van der Waals surface area contributed by atoms with Crippen molar-refractivity contribution in [2.45, 2.75) is 172 Å². The summed E-state index contributed by atoms with van der Waals surface area (Å²) in [6.07, 6.45) is -3.44. The summed E-state index contributed by atoms with van der Waals surface area (Å²) in [6.45, 7) is 33.6. The summed E-state index contributed by atoms with van der Waals surface area (Å²) in [5, 5.41) is 47.5. The first-order valence-electron chi connectivity index (χ1n) is 20.3. The van der Waals surface area contributed by atoms with E-state index in [0.717, 1.165) is 0 Å². The Morgan fingerprint density at radius 2 is 1.24 bits per heavy atom. The van der Waals surface area contributed by atoms with Crippen molar-refractivity contribution in [3.05, 3.63) is 60.2 Å². The van der Waals surface area contributed by atoms with Crippen LogP contribution in [0.1, 0.15) is 103 Å². The Morgan fingerprint density at radius 1 is 0.729 bits per heavy atom. The number of hydrogen-bond acceptors (Lipinski definition) is 14. The quantitative estimate of drug-likeness (QED) is 0.119. The fourth-order valence-electron chi connectivity index (χ4n) is 5.75. The molecule has 0 aliphatic carbocycles. The minimum atomic E-state index is -2.24. The van der Waals surface area contributed by atoms with Crippen molar-refractivity contribution in [2.75, 3.05) is 13.2 Å². The molecule has 19 heteroatoms. The molecule has 16 nitrogen and oxygen atoms in total. The zero-order chi connectivity index (χ0) is 44.5. The molecule has 1 aromatic carbocycles. The summed E-state index contributed by atoms with van der Waals surface area (Å²) < 4.78 is 35.7. The van der Waals surface area contributed by atoms with Gasteiger partial charge in [-0.1, -0.05) is 92.6 Å². The molecule has 9 atom stereocenters. The van der Waals surface area contributed by atoms with Gasteiger partial charge in [0.1, 0.15) is 55.4 Å². The van der Waals surface area contributed by atoms with Crippen molar-refractivity contribution < 1.29 is 48.0 Å². The molecule has 0 spiro atoms. The normalized spacial score (nSPS) is 26.4. The summed E-state index contributed by atoms with van der Waals surface area (Å²) in [5.41, 5.74) is 0.640. The van der Waals surface area contributed by atoms with Crippen LogP contribution in [-0.2, 0) is 22.8 Å². The van der Waals surface area contributed by atoms with E-state index in [1.807, 2.05) is 6.07 Å².